The molecular weight excluding hydrogens is 154 g/mol. The molecule has 0 heterocycles. The molecule has 4 heteroatoms. The lowest BCUT2D eigenvalue weighted by Gasteiger charge is -2.11. The van der Waals surface area contributed by atoms with Gasteiger partial charge in [0.1, 0.15) is 0 Å². The average molecular weight is 171 g/mol. The monoisotopic (exact) mass is 171 g/mol. The Balaban J connectivity index is 4.31. The molecule has 0 aliphatic heterocycles. The Hall–Kier alpha value is -1.03. The standard InChI is InChI=1S/C8H17N3O/c1-6(2)7(5-9)11-8(10-3)12-4/h5,9H2,1-4H3,(H,10,11). The largest absolute Gasteiger partial charge is 0.468 e. The first-order valence-electron chi connectivity index (χ1n) is 3.79. The SMILES string of the molecule is CN=C(NC(CN)=C(C)C)OC. The van der Waals surface area contributed by atoms with Crippen molar-refractivity contribution in [1.29, 1.82) is 0 Å². The topological polar surface area (TPSA) is 59.6 Å². The quantitative estimate of drug-likeness (QED) is 0.469. The van der Waals surface area contributed by atoms with E-state index in [4.69, 9.17) is 10.5 Å². The van der Waals surface area contributed by atoms with Gasteiger partial charge in [0.2, 0.25) is 0 Å². The first kappa shape index (κ1) is 11.0. The molecule has 0 unspecified atom stereocenters. The van der Waals surface area contributed by atoms with Crippen LogP contribution in [0.25, 0.3) is 0 Å². The van der Waals surface area contributed by atoms with Crippen LogP contribution < -0.4 is 11.1 Å². The van der Waals surface area contributed by atoms with Crippen molar-refractivity contribution in [2.75, 3.05) is 20.7 Å². The molecule has 0 radical (unpaired) electrons. The fourth-order valence-electron chi connectivity index (χ4n) is 0.707. The molecule has 0 bridgehead atoms. The predicted octanol–water partition coefficient (Wildman–Crippen LogP) is 0.461. The summed E-state index contributed by atoms with van der Waals surface area (Å²) in [5, 5.41) is 2.98. The van der Waals surface area contributed by atoms with Crippen molar-refractivity contribution in [3.8, 4) is 0 Å². The molecular formula is C8H17N3O. The van der Waals surface area contributed by atoms with Gasteiger partial charge >= 0.3 is 0 Å². The summed E-state index contributed by atoms with van der Waals surface area (Å²) in [4.78, 5) is 3.87. The van der Waals surface area contributed by atoms with Crippen molar-refractivity contribution in [3.05, 3.63) is 11.3 Å². The molecule has 0 fully saturated rings. The summed E-state index contributed by atoms with van der Waals surface area (Å²) in [5.41, 5.74) is 7.58. The fraction of sp³-hybridized carbons (Fsp3) is 0.625. The van der Waals surface area contributed by atoms with Crippen LogP contribution in [0.4, 0.5) is 0 Å². The molecule has 0 spiro atoms. The zero-order valence-corrected chi connectivity index (χ0v) is 8.14. The van der Waals surface area contributed by atoms with Crippen molar-refractivity contribution in [2.24, 2.45) is 10.7 Å². The zero-order chi connectivity index (χ0) is 9.56. The van der Waals surface area contributed by atoms with E-state index in [2.05, 4.69) is 10.3 Å². The third kappa shape index (κ3) is 3.39. The van der Waals surface area contributed by atoms with Crippen LogP contribution in [0.15, 0.2) is 16.3 Å². The van der Waals surface area contributed by atoms with E-state index in [1.807, 2.05) is 13.8 Å². The summed E-state index contributed by atoms with van der Waals surface area (Å²) >= 11 is 0. The van der Waals surface area contributed by atoms with E-state index in [9.17, 15) is 0 Å². The number of hydrogen-bond acceptors (Lipinski definition) is 3. The highest BCUT2D eigenvalue weighted by molar-refractivity contribution is 5.75. The maximum atomic E-state index is 5.50. The Morgan fingerprint density at radius 1 is 1.50 bits per heavy atom. The Morgan fingerprint density at radius 3 is 2.33 bits per heavy atom. The Morgan fingerprint density at radius 2 is 2.08 bits per heavy atom. The molecule has 0 aliphatic rings. The lowest BCUT2D eigenvalue weighted by Crippen LogP contribution is -2.29. The van der Waals surface area contributed by atoms with Crippen LogP contribution in [0.3, 0.4) is 0 Å². The molecule has 0 aromatic carbocycles. The van der Waals surface area contributed by atoms with E-state index in [1.165, 1.54) is 0 Å². The predicted molar refractivity (Wildman–Crippen MR) is 50.9 cm³/mol. The van der Waals surface area contributed by atoms with Crippen LogP contribution in [0.1, 0.15) is 13.8 Å². The van der Waals surface area contributed by atoms with Crippen LogP contribution >= 0.6 is 0 Å². The smallest absolute Gasteiger partial charge is 0.288 e. The van der Waals surface area contributed by atoms with E-state index >= 15 is 0 Å². The van der Waals surface area contributed by atoms with E-state index in [-0.39, 0.29) is 0 Å². The summed E-state index contributed by atoms with van der Waals surface area (Å²) in [6.07, 6.45) is 0. The lowest BCUT2D eigenvalue weighted by molar-refractivity contribution is 0.384. The van der Waals surface area contributed by atoms with Crippen LogP contribution in [-0.2, 0) is 4.74 Å². The number of amidine groups is 1. The maximum absolute atomic E-state index is 5.50. The second-order valence-corrected chi connectivity index (χ2v) is 2.54. The Labute approximate surface area is 73.5 Å². The highest BCUT2D eigenvalue weighted by Gasteiger charge is 2.00. The normalized spacial score (nSPS) is 10.9. The van der Waals surface area contributed by atoms with Gasteiger partial charge in [0.05, 0.1) is 7.11 Å². The fourth-order valence-corrected chi connectivity index (χ4v) is 0.707. The third-order valence-corrected chi connectivity index (χ3v) is 1.46. The minimum absolute atomic E-state index is 0.463. The number of ether oxygens (including phenoxy) is 1. The number of methoxy groups -OCH3 is 1. The number of nitrogens with zero attached hydrogens (tertiary/aromatic N) is 1. The molecule has 0 amide bonds. The van der Waals surface area contributed by atoms with Crippen LogP contribution in [0.2, 0.25) is 0 Å². The van der Waals surface area contributed by atoms with Gasteiger partial charge in [0.25, 0.3) is 6.02 Å². The molecule has 0 rings (SSSR count). The third-order valence-electron chi connectivity index (χ3n) is 1.46. The summed E-state index contributed by atoms with van der Waals surface area (Å²) in [6, 6.07) is 0.483. The van der Waals surface area contributed by atoms with Gasteiger partial charge in [-0.25, -0.2) is 4.99 Å². The van der Waals surface area contributed by atoms with Crippen molar-refractivity contribution in [1.82, 2.24) is 5.32 Å². The van der Waals surface area contributed by atoms with Gasteiger partial charge in [-0.3, -0.25) is 0 Å². The van der Waals surface area contributed by atoms with Gasteiger partial charge in [0.15, 0.2) is 0 Å². The van der Waals surface area contributed by atoms with Crippen molar-refractivity contribution in [3.63, 3.8) is 0 Å². The molecule has 0 saturated heterocycles. The first-order chi connectivity index (χ1) is 5.65. The zero-order valence-electron chi connectivity index (χ0n) is 8.14. The van der Waals surface area contributed by atoms with Gasteiger partial charge in [-0.1, -0.05) is 5.57 Å². The van der Waals surface area contributed by atoms with Crippen molar-refractivity contribution < 1.29 is 4.74 Å². The first-order valence-corrected chi connectivity index (χ1v) is 3.79. The van der Waals surface area contributed by atoms with Crippen LogP contribution in [0, 0.1) is 0 Å². The average Bonchev–Trinajstić information content (AvgIpc) is 2.06. The second-order valence-electron chi connectivity index (χ2n) is 2.54. The van der Waals surface area contributed by atoms with E-state index < -0.39 is 0 Å². The number of nitrogens with two attached hydrogens (primary N) is 1. The van der Waals surface area contributed by atoms with Crippen LogP contribution in [-0.4, -0.2) is 26.7 Å². The van der Waals surface area contributed by atoms with E-state index in [0.717, 1.165) is 11.3 Å². The van der Waals surface area contributed by atoms with Gasteiger partial charge < -0.3 is 15.8 Å². The van der Waals surface area contributed by atoms with Gasteiger partial charge in [0, 0.05) is 19.3 Å². The number of nitrogens with one attached hydrogen (secondary N) is 1. The lowest BCUT2D eigenvalue weighted by atomic mass is 10.2. The molecule has 0 aromatic heterocycles. The van der Waals surface area contributed by atoms with E-state index in [1.54, 1.807) is 14.2 Å². The number of aliphatic imine (C=N–C) groups is 1. The Bertz CT molecular complexity index is 192. The molecule has 0 atom stereocenters. The second kappa shape index (κ2) is 5.60. The molecule has 3 N–H and O–H groups in total. The maximum Gasteiger partial charge on any atom is 0.288 e. The van der Waals surface area contributed by atoms with Crippen molar-refractivity contribution in [2.45, 2.75) is 13.8 Å². The number of allylic oxidation sites excluding steroid dienone is 1. The number of hydrogen-bond donors (Lipinski definition) is 2. The molecule has 70 valence electrons. The molecule has 0 aliphatic carbocycles. The summed E-state index contributed by atoms with van der Waals surface area (Å²) in [7, 11) is 3.22. The Kier molecular flexibility index (Phi) is 5.12. The minimum Gasteiger partial charge on any atom is -0.468 e. The van der Waals surface area contributed by atoms with Gasteiger partial charge in [-0.05, 0) is 13.8 Å². The highest BCUT2D eigenvalue weighted by Crippen LogP contribution is 1.96. The number of rotatable bonds is 2. The molecule has 12 heavy (non-hydrogen) atoms. The minimum atomic E-state index is 0.463. The summed E-state index contributed by atoms with van der Waals surface area (Å²) in [6.45, 7) is 4.43. The van der Waals surface area contributed by atoms with Gasteiger partial charge in [-0.15, -0.1) is 0 Å². The molecule has 0 aromatic rings. The van der Waals surface area contributed by atoms with E-state index in [0.29, 0.717) is 12.6 Å². The molecule has 0 saturated carbocycles. The summed E-state index contributed by atoms with van der Waals surface area (Å²) in [5.74, 6) is 0. The van der Waals surface area contributed by atoms with Gasteiger partial charge in [-0.2, -0.15) is 0 Å². The van der Waals surface area contributed by atoms with Crippen molar-refractivity contribution >= 4 is 6.02 Å². The molecule has 4 nitrogen and oxygen atoms in total. The highest BCUT2D eigenvalue weighted by atomic mass is 16.5. The van der Waals surface area contributed by atoms with Crippen LogP contribution in [0.5, 0.6) is 0 Å². The summed E-state index contributed by atoms with van der Waals surface area (Å²) < 4.78 is 4.93.